The van der Waals surface area contributed by atoms with E-state index in [0.717, 1.165) is 12.0 Å². The predicted octanol–water partition coefficient (Wildman–Crippen LogP) is 4.47. The largest absolute Gasteiger partial charge is 0.497 e. The van der Waals surface area contributed by atoms with Crippen molar-refractivity contribution >= 4 is 11.6 Å². The summed E-state index contributed by atoms with van der Waals surface area (Å²) < 4.78 is 10.6. The first-order valence-electron chi connectivity index (χ1n) is 8.18. The Morgan fingerprint density at radius 1 is 1.08 bits per heavy atom. The second-order valence-corrected chi connectivity index (χ2v) is 5.83. The van der Waals surface area contributed by atoms with Crippen molar-refractivity contribution in [1.29, 1.82) is 0 Å². The van der Waals surface area contributed by atoms with Crippen molar-refractivity contribution in [3.8, 4) is 11.5 Å². The summed E-state index contributed by atoms with van der Waals surface area (Å²) in [5.74, 6) is 1.25. The second-order valence-electron chi connectivity index (χ2n) is 5.83. The van der Waals surface area contributed by atoms with Gasteiger partial charge in [-0.15, -0.1) is 0 Å². The molecule has 2 rings (SSSR count). The minimum atomic E-state index is -0.216. The van der Waals surface area contributed by atoms with E-state index >= 15 is 0 Å². The number of ether oxygens (including phenoxy) is 2. The van der Waals surface area contributed by atoms with Crippen LogP contribution in [0, 0.1) is 5.92 Å². The zero-order chi connectivity index (χ0) is 17.5. The molecule has 4 nitrogen and oxygen atoms in total. The molecule has 128 valence electrons. The zero-order valence-electron chi connectivity index (χ0n) is 14.7. The van der Waals surface area contributed by atoms with E-state index in [1.165, 1.54) is 0 Å². The van der Waals surface area contributed by atoms with Crippen molar-refractivity contribution in [2.75, 3.05) is 19.5 Å². The number of rotatable bonds is 7. The van der Waals surface area contributed by atoms with Gasteiger partial charge in [-0.2, -0.15) is 0 Å². The molecule has 0 saturated carbocycles. The van der Waals surface area contributed by atoms with Crippen LogP contribution in [-0.2, 0) is 4.79 Å². The van der Waals surface area contributed by atoms with Crippen LogP contribution in [0.2, 0.25) is 0 Å². The highest BCUT2D eigenvalue weighted by Gasteiger charge is 2.26. The lowest BCUT2D eigenvalue weighted by Crippen LogP contribution is -2.26. The Labute approximate surface area is 143 Å². The highest BCUT2D eigenvalue weighted by molar-refractivity contribution is 5.97. The number of benzene rings is 2. The highest BCUT2D eigenvalue weighted by Crippen LogP contribution is 2.32. The fourth-order valence-corrected chi connectivity index (χ4v) is 2.76. The lowest BCUT2D eigenvalue weighted by atomic mass is 9.85. The van der Waals surface area contributed by atoms with Gasteiger partial charge in [0.1, 0.15) is 11.5 Å². The lowest BCUT2D eigenvalue weighted by Gasteiger charge is -2.23. The molecule has 1 amide bonds. The van der Waals surface area contributed by atoms with Crippen molar-refractivity contribution in [3.63, 3.8) is 0 Å². The third-order valence-corrected chi connectivity index (χ3v) is 4.32. The maximum Gasteiger partial charge on any atom is 0.232 e. The topological polar surface area (TPSA) is 47.6 Å². The number of methoxy groups -OCH3 is 2. The number of nitrogens with one attached hydrogen (secondary N) is 1. The molecular formula is C20H25NO3. The third-order valence-electron chi connectivity index (χ3n) is 4.32. The maximum atomic E-state index is 13.0. The van der Waals surface area contributed by atoms with Gasteiger partial charge in [-0.05, 0) is 23.6 Å². The van der Waals surface area contributed by atoms with E-state index in [1.54, 1.807) is 32.4 Å². The summed E-state index contributed by atoms with van der Waals surface area (Å²) in [6.07, 6.45) is 0.919. The van der Waals surface area contributed by atoms with E-state index in [0.29, 0.717) is 17.2 Å². The van der Waals surface area contributed by atoms with Gasteiger partial charge in [0.15, 0.2) is 0 Å². The SMILES string of the molecule is CC[C@@H](C)[C@H](C(=O)Nc1cc(OC)ccc1OC)c1ccccc1. The average Bonchev–Trinajstić information content (AvgIpc) is 2.62. The first kappa shape index (κ1) is 17.9. The van der Waals surface area contributed by atoms with Crippen LogP contribution in [0.4, 0.5) is 5.69 Å². The quantitative estimate of drug-likeness (QED) is 0.816. The summed E-state index contributed by atoms with van der Waals surface area (Å²) >= 11 is 0. The molecule has 2 aromatic rings. The Kier molecular flexibility index (Phi) is 6.24. The molecule has 0 aliphatic carbocycles. The van der Waals surface area contributed by atoms with E-state index < -0.39 is 0 Å². The molecule has 0 bridgehead atoms. The number of amides is 1. The van der Waals surface area contributed by atoms with Gasteiger partial charge < -0.3 is 14.8 Å². The van der Waals surface area contributed by atoms with Gasteiger partial charge >= 0.3 is 0 Å². The minimum absolute atomic E-state index is 0.0397. The number of anilines is 1. The van der Waals surface area contributed by atoms with Gasteiger partial charge in [-0.3, -0.25) is 4.79 Å². The van der Waals surface area contributed by atoms with Crippen LogP contribution in [0.1, 0.15) is 31.7 Å². The molecule has 0 fully saturated rings. The van der Waals surface area contributed by atoms with Crippen LogP contribution < -0.4 is 14.8 Å². The molecule has 2 atom stereocenters. The fraction of sp³-hybridized carbons (Fsp3) is 0.350. The zero-order valence-corrected chi connectivity index (χ0v) is 14.7. The summed E-state index contributed by atoms with van der Waals surface area (Å²) in [6.45, 7) is 4.19. The molecule has 0 unspecified atom stereocenters. The molecular weight excluding hydrogens is 302 g/mol. The molecule has 1 N–H and O–H groups in total. The van der Waals surface area contributed by atoms with E-state index in [9.17, 15) is 4.79 Å². The standard InChI is InChI=1S/C20H25NO3/c1-5-14(2)19(15-9-7-6-8-10-15)20(22)21-17-13-16(23-3)11-12-18(17)24-4/h6-14,19H,5H2,1-4H3,(H,21,22)/t14-,19+/m1/s1. The van der Waals surface area contributed by atoms with Crippen LogP contribution >= 0.6 is 0 Å². The summed E-state index contributed by atoms with van der Waals surface area (Å²) in [7, 11) is 3.18. The molecule has 0 radical (unpaired) electrons. The van der Waals surface area contributed by atoms with E-state index in [4.69, 9.17) is 9.47 Å². The maximum absolute atomic E-state index is 13.0. The first-order chi connectivity index (χ1) is 11.6. The molecule has 0 aromatic heterocycles. The molecule has 0 aliphatic heterocycles. The van der Waals surface area contributed by atoms with Crippen molar-refractivity contribution in [2.45, 2.75) is 26.2 Å². The number of carbonyl (C=O) groups is 1. The van der Waals surface area contributed by atoms with Crippen LogP contribution in [0.3, 0.4) is 0 Å². The van der Waals surface area contributed by atoms with Crippen molar-refractivity contribution in [3.05, 3.63) is 54.1 Å². The van der Waals surface area contributed by atoms with Crippen LogP contribution in [0.25, 0.3) is 0 Å². The molecule has 0 heterocycles. The van der Waals surface area contributed by atoms with Crippen LogP contribution in [0.5, 0.6) is 11.5 Å². The Morgan fingerprint density at radius 2 is 1.79 bits per heavy atom. The number of carbonyl (C=O) groups excluding carboxylic acids is 1. The van der Waals surface area contributed by atoms with Gasteiger partial charge in [0.2, 0.25) is 5.91 Å². The van der Waals surface area contributed by atoms with Crippen molar-refractivity contribution < 1.29 is 14.3 Å². The van der Waals surface area contributed by atoms with Gasteiger partial charge in [0.25, 0.3) is 0 Å². The molecule has 4 heteroatoms. The fourth-order valence-electron chi connectivity index (χ4n) is 2.76. The number of hydrogen-bond donors (Lipinski definition) is 1. The first-order valence-corrected chi connectivity index (χ1v) is 8.18. The Bertz CT molecular complexity index is 670. The molecule has 24 heavy (non-hydrogen) atoms. The van der Waals surface area contributed by atoms with Gasteiger partial charge in [0.05, 0.1) is 25.8 Å². The van der Waals surface area contributed by atoms with Gasteiger partial charge in [0, 0.05) is 6.07 Å². The lowest BCUT2D eigenvalue weighted by molar-refractivity contribution is -0.118. The van der Waals surface area contributed by atoms with E-state index in [2.05, 4.69) is 19.2 Å². The van der Waals surface area contributed by atoms with Crippen molar-refractivity contribution in [2.24, 2.45) is 5.92 Å². The van der Waals surface area contributed by atoms with E-state index in [-0.39, 0.29) is 17.7 Å². The average molecular weight is 327 g/mol. The molecule has 0 saturated heterocycles. The predicted molar refractivity (Wildman–Crippen MR) is 96.8 cm³/mol. The third kappa shape index (κ3) is 4.07. The van der Waals surface area contributed by atoms with E-state index in [1.807, 2.05) is 30.3 Å². The monoisotopic (exact) mass is 327 g/mol. The number of hydrogen-bond acceptors (Lipinski definition) is 3. The normalized spacial score (nSPS) is 13.0. The minimum Gasteiger partial charge on any atom is -0.497 e. The summed E-state index contributed by atoms with van der Waals surface area (Å²) in [4.78, 5) is 13.0. The van der Waals surface area contributed by atoms with Crippen LogP contribution in [-0.4, -0.2) is 20.1 Å². The Balaban J connectivity index is 2.31. The highest BCUT2D eigenvalue weighted by atomic mass is 16.5. The van der Waals surface area contributed by atoms with Gasteiger partial charge in [-0.25, -0.2) is 0 Å². The summed E-state index contributed by atoms with van der Waals surface area (Å²) in [5.41, 5.74) is 1.64. The summed E-state index contributed by atoms with van der Waals surface area (Å²) in [5, 5.41) is 3.01. The molecule has 0 aliphatic rings. The Morgan fingerprint density at radius 3 is 2.38 bits per heavy atom. The smallest absolute Gasteiger partial charge is 0.232 e. The second kappa shape index (κ2) is 8.39. The van der Waals surface area contributed by atoms with Gasteiger partial charge in [-0.1, -0.05) is 50.6 Å². The van der Waals surface area contributed by atoms with Crippen LogP contribution in [0.15, 0.2) is 48.5 Å². The summed E-state index contributed by atoms with van der Waals surface area (Å²) in [6, 6.07) is 15.2. The molecule has 2 aromatic carbocycles. The van der Waals surface area contributed by atoms with Crippen molar-refractivity contribution in [1.82, 2.24) is 0 Å². The Hall–Kier alpha value is -2.49. The molecule has 0 spiro atoms.